The van der Waals surface area contributed by atoms with Crippen LogP contribution in [0.15, 0.2) is 42.7 Å². The van der Waals surface area contributed by atoms with E-state index in [0.29, 0.717) is 39.4 Å². The lowest BCUT2D eigenvalue weighted by Gasteiger charge is -2.31. The minimum atomic E-state index is -3.39. The van der Waals surface area contributed by atoms with Crippen LogP contribution in [0.5, 0.6) is 0 Å². The first-order valence-corrected chi connectivity index (χ1v) is 11.2. The summed E-state index contributed by atoms with van der Waals surface area (Å²) in [5.41, 5.74) is 2.24. The second-order valence-corrected chi connectivity index (χ2v) is 9.10. The quantitative estimate of drug-likeness (QED) is 0.741. The van der Waals surface area contributed by atoms with Gasteiger partial charge in [-0.1, -0.05) is 12.1 Å². The molecule has 3 heterocycles. The van der Waals surface area contributed by atoms with Crippen molar-refractivity contribution in [2.75, 3.05) is 52.5 Å². The smallest absolute Gasteiger partial charge is 0.282 e. The molecule has 0 amide bonds. The first-order valence-electron chi connectivity index (χ1n) is 9.77. The van der Waals surface area contributed by atoms with Crippen molar-refractivity contribution < 1.29 is 13.2 Å². The van der Waals surface area contributed by atoms with Crippen molar-refractivity contribution in [1.82, 2.24) is 23.3 Å². The Morgan fingerprint density at radius 1 is 0.964 bits per heavy atom. The average molecular weight is 406 g/mol. The fraction of sp³-hybridized carbons (Fsp3) is 0.526. The maximum absolute atomic E-state index is 12.9. The fourth-order valence-corrected chi connectivity index (χ4v) is 5.36. The topological polar surface area (TPSA) is 70.9 Å². The Morgan fingerprint density at radius 2 is 1.79 bits per heavy atom. The van der Waals surface area contributed by atoms with Gasteiger partial charge in [0.15, 0.2) is 0 Å². The van der Waals surface area contributed by atoms with Crippen molar-refractivity contribution in [3.8, 4) is 5.69 Å². The molecule has 8 nitrogen and oxygen atoms in total. The predicted octanol–water partition coefficient (Wildman–Crippen LogP) is 0.957. The van der Waals surface area contributed by atoms with Crippen LogP contribution in [-0.2, 0) is 21.5 Å². The van der Waals surface area contributed by atoms with E-state index in [1.165, 1.54) is 5.56 Å². The molecule has 0 saturated carbocycles. The summed E-state index contributed by atoms with van der Waals surface area (Å²) in [5.74, 6) is 0. The fourth-order valence-electron chi connectivity index (χ4n) is 3.75. The number of hydrogen-bond donors (Lipinski definition) is 0. The van der Waals surface area contributed by atoms with Crippen LogP contribution >= 0.6 is 0 Å². The third-order valence-corrected chi connectivity index (χ3v) is 7.29. The molecular weight excluding hydrogens is 378 g/mol. The van der Waals surface area contributed by atoms with Crippen molar-refractivity contribution in [1.29, 1.82) is 0 Å². The zero-order chi connectivity index (χ0) is 19.4. The van der Waals surface area contributed by atoms with Gasteiger partial charge in [-0.05, 0) is 36.7 Å². The highest BCUT2D eigenvalue weighted by atomic mass is 32.2. The Balaban J connectivity index is 1.39. The van der Waals surface area contributed by atoms with E-state index in [1.54, 1.807) is 14.8 Å². The predicted molar refractivity (Wildman–Crippen MR) is 106 cm³/mol. The van der Waals surface area contributed by atoms with E-state index in [-0.39, 0.29) is 0 Å². The van der Waals surface area contributed by atoms with Crippen LogP contribution in [0, 0.1) is 0 Å². The molecule has 2 aromatic rings. The monoisotopic (exact) mass is 405 g/mol. The molecule has 2 saturated heterocycles. The van der Waals surface area contributed by atoms with Gasteiger partial charge in [0.2, 0.25) is 0 Å². The van der Waals surface area contributed by atoms with Crippen LogP contribution in [0.3, 0.4) is 0 Å². The van der Waals surface area contributed by atoms with Crippen LogP contribution in [0.1, 0.15) is 12.0 Å². The Kier molecular flexibility index (Phi) is 6.07. The Morgan fingerprint density at radius 3 is 2.57 bits per heavy atom. The van der Waals surface area contributed by atoms with Crippen LogP contribution < -0.4 is 0 Å². The number of rotatable bonds is 5. The molecule has 4 rings (SSSR count). The van der Waals surface area contributed by atoms with E-state index >= 15 is 0 Å². The average Bonchev–Trinajstić information content (AvgIpc) is 3.16. The molecule has 28 heavy (non-hydrogen) atoms. The SMILES string of the molecule is O=S(=O)(N1CCOCC1)N1CCCN(Cc2cccc(-n3cccn3)c2)CC1. The van der Waals surface area contributed by atoms with Gasteiger partial charge in [-0.2, -0.15) is 22.1 Å². The molecule has 0 aliphatic carbocycles. The molecule has 2 aliphatic rings. The summed E-state index contributed by atoms with van der Waals surface area (Å²) < 4.78 is 36.1. The summed E-state index contributed by atoms with van der Waals surface area (Å²) in [5, 5.41) is 4.29. The highest BCUT2D eigenvalue weighted by molar-refractivity contribution is 7.86. The lowest BCUT2D eigenvalue weighted by atomic mass is 10.2. The van der Waals surface area contributed by atoms with E-state index in [2.05, 4.69) is 22.1 Å². The second-order valence-electron chi connectivity index (χ2n) is 7.17. The highest BCUT2D eigenvalue weighted by Gasteiger charge is 2.32. The third-order valence-electron chi connectivity index (χ3n) is 5.26. The number of hydrogen-bond acceptors (Lipinski definition) is 5. The summed E-state index contributed by atoms with van der Waals surface area (Å²) in [6, 6.07) is 10.2. The lowest BCUT2D eigenvalue weighted by molar-refractivity contribution is 0.0702. The van der Waals surface area contributed by atoms with Gasteiger partial charge in [-0.25, -0.2) is 4.68 Å². The number of benzene rings is 1. The van der Waals surface area contributed by atoms with Gasteiger partial charge >= 0.3 is 0 Å². The molecule has 2 fully saturated rings. The van der Waals surface area contributed by atoms with Gasteiger partial charge in [-0.3, -0.25) is 4.90 Å². The van der Waals surface area contributed by atoms with E-state index in [1.807, 2.05) is 29.1 Å². The third kappa shape index (κ3) is 4.44. The van der Waals surface area contributed by atoms with Gasteiger partial charge in [0.25, 0.3) is 10.2 Å². The zero-order valence-electron chi connectivity index (χ0n) is 16.0. The number of morpholine rings is 1. The second kappa shape index (κ2) is 8.71. The van der Waals surface area contributed by atoms with E-state index in [4.69, 9.17) is 4.74 Å². The number of aromatic nitrogens is 2. The Hall–Kier alpha value is -1.78. The van der Waals surface area contributed by atoms with Crippen molar-refractivity contribution >= 4 is 10.2 Å². The minimum absolute atomic E-state index is 0.447. The first-order chi connectivity index (χ1) is 13.6. The molecular formula is C19H27N5O3S. The highest BCUT2D eigenvalue weighted by Crippen LogP contribution is 2.17. The summed E-state index contributed by atoms with van der Waals surface area (Å²) in [4.78, 5) is 2.33. The zero-order valence-corrected chi connectivity index (χ0v) is 16.8. The normalized spacial score (nSPS) is 20.9. The van der Waals surface area contributed by atoms with Crippen LogP contribution in [-0.4, -0.2) is 84.2 Å². The van der Waals surface area contributed by atoms with Gasteiger partial charge in [0.05, 0.1) is 18.9 Å². The van der Waals surface area contributed by atoms with Crippen molar-refractivity contribution in [3.05, 3.63) is 48.3 Å². The van der Waals surface area contributed by atoms with Crippen LogP contribution in [0.4, 0.5) is 0 Å². The van der Waals surface area contributed by atoms with Gasteiger partial charge < -0.3 is 4.74 Å². The molecule has 152 valence electrons. The van der Waals surface area contributed by atoms with Crippen molar-refractivity contribution in [2.45, 2.75) is 13.0 Å². The standard InChI is InChI=1S/C19H27N5O3S/c25-28(26,23-12-14-27-15-13-23)22-8-3-7-21(10-11-22)17-18-4-1-5-19(16-18)24-9-2-6-20-24/h1-2,4-6,9,16H,3,7-8,10-15,17H2. The Labute approximate surface area is 166 Å². The van der Waals surface area contributed by atoms with Crippen LogP contribution in [0.25, 0.3) is 5.69 Å². The van der Waals surface area contributed by atoms with E-state index in [9.17, 15) is 8.42 Å². The molecule has 0 radical (unpaired) electrons. The lowest BCUT2D eigenvalue weighted by Crippen LogP contribution is -2.49. The maximum atomic E-state index is 12.9. The van der Waals surface area contributed by atoms with Gasteiger partial charge in [0, 0.05) is 51.7 Å². The molecule has 0 spiro atoms. The molecule has 2 aliphatic heterocycles. The molecule has 1 aromatic heterocycles. The molecule has 0 unspecified atom stereocenters. The molecule has 0 N–H and O–H groups in total. The Bertz CT molecular complexity index is 865. The number of ether oxygens (including phenoxy) is 1. The maximum Gasteiger partial charge on any atom is 0.282 e. The van der Waals surface area contributed by atoms with E-state index in [0.717, 1.165) is 31.7 Å². The van der Waals surface area contributed by atoms with Crippen molar-refractivity contribution in [3.63, 3.8) is 0 Å². The van der Waals surface area contributed by atoms with Gasteiger partial charge in [-0.15, -0.1) is 0 Å². The minimum Gasteiger partial charge on any atom is -0.379 e. The van der Waals surface area contributed by atoms with E-state index < -0.39 is 10.2 Å². The summed E-state index contributed by atoms with van der Waals surface area (Å²) >= 11 is 0. The first kappa shape index (κ1) is 19.5. The molecule has 0 bridgehead atoms. The summed E-state index contributed by atoms with van der Waals surface area (Å²) in [6.45, 7) is 5.38. The van der Waals surface area contributed by atoms with Crippen LogP contribution in [0.2, 0.25) is 0 Å². The summed E-state index contributed by atoms with van der Waals surface area (Å²) in [7, 11) is -3.39. The number of nitrogens with zero attached hydrogens (tertiary/aromatic N) is 5. The largest absolute Gasteiger partial charge is 0.379 e. The molecule has 9 heteroatoms. The van der Waals surface area contributed by atoms with Crippen molar-refractivity contribution in [2.24, 2.45) is 0 Å². The van der Waals surface area contributed by atoms with Gasteiger partial charge in [0.1, 0.15) is 0 Å². The molecule has 1 aromatic carbocycles. The molecule has 0 atom stereocenters. The summed E-state index contributed by atoms with van der Waals surface area (Å²) in [6.07, 6.45) is 4.53.